The van der Waals surface area contributed by atoms with Crippen molar-refractivity contribution >= 4 is 62.2 Å². The van der Waals surface area contributed by atoms with Gasteiger partial charge in [0.05, 0.1) is 44.3 Å². The third-order valence-corrected chi connectivity index (χ3v) is 6.36. The largest absolute Gasteiger partial charge is 0.397 e. The van der Waals surface area contributed by atoms with Crippen molar-refractivity contribution in [3.05, 3.63) is 33.1 Å². The summed E-state index contributed by atoms with van der Waals surface area (Å²) in [6.07, 6.45) is 0. The van der Waals surface area contributed by atoms with Crippen LogP contribution in [0.4, 0.5) is 11.6 Å². The molecule has 0 amide bonds. The third-order valence-electron chi connectivity index (χ3n) is 4.42. The second-order valence-corrected chi connectivity index (χ2v) is 8.60. The fraction of sp³-hybridized carbons (Fsp3) is 0.316. The summed E-state index contributed by atoms with van der Waals surface area (Å²) in [4.78, 5) is 22.2. The Morgan fingerprint density at radius 3 is 2.57 bits per heavy atom. The number of ketones is 1. The quantitative estimate of drug-likeness (QED) is 0.474. The van der Waals surface area contributed by atoms with Crippen molar-refractivity contribution in [2.45, 2.75) is 26.8 Å². The SMILES string of the molecule is CC(=O)c1sc2nc(N[C@H](CO)C(C)C)nc(-c3ccc(Cl)c(Cl)c3)c2c1N. The summed E-state index contributed by atoms with van der Waals surface area (Å²) in [5.41, 5.74) is 7.86. The number of thiophene rings is 1. The van der Waals surface area contributed by atoms with E-state index in [1.807, 2.05) is 13.8 Å². The Labute approximate surface area is 176 Å². The molecule has 0 fully saturated rings. The van der Waals surface area contributed by atoms with E-state index in [-0.39, 0.29) is 24.3 Å². The first-order chi connectivity index (χ1) is 13.2. The van der Waals surface area contributed by atoms with Gasteiger partial charge < -0.3 is 16.2 Å². The number of nitrogens with two attached hydrogens (primary N) is 1. The summed E-state index contributed by atoms with van der Waals surface area (Å²) in [5.74, 6) is 0.377. The van der Waals surface area contributed by atoms with Crippen LogP contribution in [0.15, 0.2) is 18.2 Å². The lowest BCUT2D eigenvalue weighted by atomic mass is 10.1. The molecule has 0 saturated carbocycles. The van der Waals surface area contributed by atoms with Gasteiger partial charge in [-0.1, -0.05) is 43.1 Å². The van der Waals surface area contributed by atoms with Gasteiger partial charge in [-0.15, -0.1) is 11.3 Å². The second kappa shape index (κ2) is 8.21. The van der Waals surface area contributed by atoms with Gasteiger partial charge in [0.1, 0.15) is 4.83 Å². The zero-order valence-corrected chi connectivity index (χ0v) is 17.9. The number of aromatic nitrogens is 2. The van der Waals surface area contributed by atoms with Crippen LogP contribution in [0.25, 0.3) is 21.5 Å². The molecule has 1 aromatic carbocycles. The van der Waals surface area contributed by atoms with E-state index in [4.69, 9.17) is 28.9 Å². The van der Waals surface area contributed by atoms with E-state index >= 15 is 0 Å². The normalized spacial score (nSPS) is 12.5. The topological polar surface area (TPSA) is 101 Å². The molecule has 0 aliphatic carbocycles. The number of carbonyl (C=O) groups is 1. The molecular formula is C19H20Cl2N4O2S. The molecule has 1 atom stereocenters. The number of nitrogens with zero attached hydrogens (tertiary/aromatic N) is 2. The maximum Gasteiger partial charge on any atom is 0.224 e. The van der Waals surface area contributed by atoms with Crippen LogP contribution < -0.4 is 11.1 Å². The van der Waals surface area contributed by atoms with Crippen LogP contribution in [0.2, 0.25) is 10.0 Å². The van der Waals surface area contributed by atoms with Crippen LogP contribution in [0.1, 0.15) is 30.4 Å². The Balaban J connectivity index is 2.25. The van der Waals surface area contributed by atoms with Gasteiger partial charge in [0.25, 0.3) is 0 Å². The molecule has 0 spiro atoms. The molecule has 6 nitrogen and oxygen atoms in total. The van der Waals surface area contributed by atoms with Crippen molar-refractivity contribution in [3.8, 4) is 11.3 Å². The van der Waals surface area contributed by atoms with Crippen molar-refractivity contribution in [1.82, 2.24) is 9.97 Å². The maximum absolute atomic E-state index is 12.0. The van der Waals surface area contributed by atoms with Crippen LogP contribution >= 0.6 is 34.5 Å². The van der Waals surface area contributed by atoms with Crippen molar-refractivity contribution in [2.75, 3.05) is 17.7 Å². The van der Waals surface area contributed by atoms with E-state index in [0.29, 0.717) is 48.0 Å². The number of aliphatic hydroxyl groups excluding tert-OH is 1. The number of nitrogens with one attached hydrogen (secondary N) is 1. The Hall–Kier alpha value is -1.93. The standard InChI is InChI=1S/C19H20Cl2N4O2S/c1-8(2)13(7-26)23-19-24-16(10-4-5-11(20)12(21)6-10)14-15(22)17(9(3)27)28-18(14)25-19/h4-6,8,13,26H,7,22H2,1-3H3,(H,23,24,25)/t13-/m1/s1. The van der Waals surface area contributed by atoms with Gasteiger partial charge in [-0.2, -0.15) is 0 Å². The zero-order valence-electron chi connectivity index (χ0n) is 15.6. The predicted molar refractivity (Wildman–Crippen MR) is 117 cm³/mol. The number of nitrogen functional groups attached to an aromatic ring is 1. The number of fused-ring (bicyclic) bond motifs is 1. The fourth-order valence-corrected chi connectivity index (χ4v) is 4.08. The van der Waals surface area contributed by atoms with Crippen molar-refractivity contribution in [1.29, 1.82) is 0 Å². The van der Waals surface area contributed by atoms with E-state index in [1.54, 1.807) is 18.2 Å². The number of aliphatic hydroxyl groups is 1. The maximum atomic E-state index is 12.0. The lowest BCUT2D eigenvalue weighted by Gasteiger charge is -2.20. The molecule has 9 heteroatoms. The highest BCUT2D eigenvalue weighted by Gasteiger charge is 2.22. The average Bonchev–Trinajstić information content (AvgIpc) is 2.98. The monoisotopic (exact) mass is 438 g/mol. The smallest absolute Gasteiger partial charge is 0.224 e. The zero-order chi connectivity index (χ0) is 20.6. The minimum Gasteiger partial charge on any atom is -0.397 e. The Morgan fingerprint density at radius 2 is 2.00 bits per heavy atom. The first kappa shape index (κ1) is 20.8. The number of Topliss-reactive ketones (excluding diaryl/α,β-unsaturated/α-hetero) is 1. The summed E-state index contributed by atoms with van der Waals surface area (Å²) >= 11 is 13.5. The Morgan fingerprint density at radius 1 is 1.29 bits per heavy atom. The van der Waals surface area contributed by atoms with Gasteiger partial charge >= 0.3 is 0 Å². The number of rotatable bonds is 6. The Bertz CT molecular complexity index is 1050. The van der Waals surface area contributed by atoms with Crippen molar-refractivity contribution < 1.29 is 9.90 Å². The molecule has 2 heterocycles. The number of hydrogen-bond donors (Lipinski definition) is 3. The van der Waals surface area contributed by atoms with Gasteiger partial charge in [-0.25, -0.2) is 9.97 Å². The fourth-order valence-electron chi connectivity index (χ4n) is 2.79. The van der Waals surface area contributed by atoms with E-state index in [9.17, 15) is 9.90 Å². The minimum absolute atomic E-state index is 0.0631. The molecule has 0 aliphatic rings. The van der Waals surface area contributed by atoms with E-state index < -0.39 is 0 Å². The first-order valence-corrected chi connectivity index (χ1v) is 10.2. The van der Waals surface area contributed by atoms with Crippen LogP contribution in [0, 0.1) is 5.92 Å². The molecule has 148 valence electrons. The van der Waals surface area contributed by atoms with Crippen LogP contribution in [0.3, 0.4) is 0 Å². The summed E-state index contributed by atoms with van der Waals surface area (Å²) < 4.78 is 0. The molecule has 4 N–H and O–H groups in total. The molecule has 2 aromatic heterocycles. The highest BCUT2D eigenvalue weighted by Crippen LogP contribution is 2.40. The average molecular weight is 439 g/mol. The second-order valence-electron chi connectivity index (χ2n) is 6.78. The van der Waals surface area contributed by atoms with Gasteiger partial charge in [0.15, 0.2) is 5.78 Å². The van der Waals surface area contributed by atoms with E-state index in [2.05, 4.69) is 15.3 Å². The van der Waals surface area contributed by atoms with Gasteiger partial charge in [-0.05, 0) is 18.1 Å². The molecule has 0 saturated heterocycles. The van der Waals surface area contributed by atoms with E-state index in [1.165, 1.54) is 18.3 Å². The van der Waals surface area contributed by atoms with Crippen LogP contribution in [-0.4, -0.2) is 33.5 Å². The number of carbonyl (C=O) groups excluding carboxylic acids is 1. The van der Waals surface area contributed by atoms with Gasteiger partial charge in [0, 0.05) is 12.5 Å². The molecule has 3 rings (SSSR count). The lowest BCUT2D eigenvalue weighted by Crippen LogP contribution is -2.30. The summed E-state index contributed by atoms with van der Waals surface area (Å²) in [6, 6.07) is 4.95. The molecule has 0 bridgehead atoms. The predicted octanol–water partition coefficient (Wildman–Crippen LogP) is 4.88. The first-order valence-electron chi connectivity index (χ1n) is 8.66. The Kier molecular flexibility index (Phi) is 6.09. The molecule has 0 aliphatic heterocycles. The molecule has 3 aromatic rings. The number of halogens is 2. The van der Waals surface area contributed by atoms with Crippen LogP contribution in [-0.2, 0) is 0 Å². The van der Waals surface area contributed by atoms with Crippen LogP contribution in [0.5, 0.6) is 0 Å². The summed E-state index contributed by atoms with van der Waals surface area (Å²) in [7, 11) is 0. The molecule has 0 radical (unpaired) electrons. The number of hydrogen-bond acceptors (Lipinski definition) is 7. The van der Waals surface area contributed by atoms with Crippen molar-refractivity contribution in [2.24, 2.45) is 5.92 Å². The number of benzene rings is 1. The van der Waals surface area contributed by atoms with Crippen molar-refractivity contribution in [3.63, 3.8) is 0 Å². The molecular weight excluding hydrogens is 419 g/mol. The lowest BCUT2D eigenvalue weighted by molar-refractivity contribution is 0.102. The van der Waals surface area contributed by atoms with Gasteiger partial charge in [0.2, 0.25) is 5.95 Å². The highest BCUT2D eigenvalue weighted by atomic mass is 35.5. The molecule has 28 heavy (non-hydrogen) atoms. The highest BCUT2D eigenvalue weighted by molar-refractivity contribution is 7.21. The minimum atomic E-state index is -0.219. The molecule has 0 unspecified atom stereocenters. The summed E-state index contributed by atoms with van der Waals surface area (Å²) in [5, 5.41) is 14.2. The number of anilines is 2. The van der Waals surface area contributed by atoms with Gasteiger partial charge in [-0.3, -0.25) is 4.79 Å². The van der Waals surface area contributed by atoms with E-state index in [0.717, 1.165) is 0 Å². The third kappa shape index (κ3) is 3.93. The summed E-state index contributed by atoms with van der Waals surface area (Å²) in [6.45, 7) is 5.38.